The summed E-state index contributed by atoms with van der Waals surface area (Å²) in [5, 5.41) is 99.6. The molecule has 0 aromatic carbocycles. The fourth-order valence-electron chi connectivity index (χ4n) is 5.54. The van der Waals surface area contributed by atoms with E-state index in [9.17, 15) is 79.2 Å². The van der Waals surface area contributed by atoms with Crippen molar-refractivity contribution in [3.05, 3.63) is 0 Å². The molecule has 0 radical (unpaired) electrons. The van der Waals surface area contributed by atoms with E-state index in [4.69, 9.17) is 34.9 Å². The number of carbonyl (C=O) groups is 8. The normalized spacial score (nSPS) is 14.2. The number of ether oxygens (including phenoxy) is 4. The van der Waals surface area contributed by atoms with Crippen molar-refractivity contribution in [3.63, 3.8) is 0 Å². The first kappa shape index (κ1) is 55.3. The van der Waals surface area contributed by atoms with Gasteiger partial charge in [0.15, 0.2) is 0 Å². The molecule has 0 bridgehead atoms. The summed E-state index contributed by atoms with van der Waals surface area (Å²) in [4.78, 5) is 95.8. The van der Waals surface area contributed by atoms with Gasteiger partial charge in [0.25, 0.3) is 0 Å². The number of hydrogen-bond acceptors (Lipinski definition) is 20. The van der Waals surface area contributed by atoms with Crippen LogP contribution in [-0.2, 0) is 57.3 Å². The standard InChI is InChI=1S/C32H56N6O22/c33-1-5-57-17-21(34-9-24(40)41)32(56,20-39)22(38(15-30(52)53)16-31(54)55)18-58-7-4-37(14-29(50)51)23(60-8-3-36(12-27(46)47)13-28(48)49)19-59-6-2-35(10-25(42)43)11-26(44)45/h21-23,34,39,56H,1-20,33H2,(H,40,41)(H,42,43)(H,44,45)(H,46,47)(H,48,49)(H,50,51)(H,52,53)(H,54,55). The summed E-state index contributed by atoms with van der Waals surface area (Å²) in [5.41, 5.74) is 2.87. The quantitative estimate of drug-likeness (QED) is 0.0201. The maximum absolute atomic E-state index is 12.0. The van der Waals surface area contributed by atoms with Gasteiger partial charge in [0.2, 0.25) is 0 Å². The van der Waals surface area contributed by atoms with Gasteiger partial charge in [-0.3, -0.25) is 63.3 Å². The van der Waals surface area contributed by atoms with Crippen LogP contribution in [-0.4, -0.2) is 274 Å². The number of nitrogens with one attached hydrogen (secondary N) is 1. The van der Waals surface area contributed by atoms with Crippen molar-refractivity contribution in [3.8, 4) is 0 Å². The van der Waals surface area contributed by atoms with E-state index < -0.39 is 164 Å². The van der Waals surface area contributed by atoms with Crippen LogP contribution in [0.25, 0.3) is 0 Å². The Labute approximate surface area is 342 Å². The lowest BCUT2D eigenvalue weighted by atomic mass is 9.85. The van der Waals surface area contributed by atoms with E-state index in [0.717, 1.165) is 19.6 Å². The highest BCUT2D eigenvalue weighted by molar-refractivity contribution is 5.74. The van der Waals surface area contributed by atoms with Gasteiger partial charge in [0.05, 0.1) is 117 Å². The average Bonchev–Trinajstić information content (AvgIpc) is 3.11. The van der Waals surface area contributed by atoms with E-state index in [1.165, 1.54) is 0 Å². The molecule has 4 atom stereocenters. The monoisotopic (exact) mass is 876 g/mol. The Kier molecular flexibility index (Phi) is 27.9. The third-order valence-electron chi connectivity index (χ3n) is 8.11. The van der Waals surface area contributed by atoms with Gasteiger partial charge in [-0.15, -0.1) is 0 Å². The second-order valence-electron chi connectivity index (χ2n) is 12.9. The average molecular weight is 877 g/mol. The Hall–Kier alpha value is -4.72. The van der Waals surface area contributed by atoms with Gasteiger partial charge in [0.1, 0.15) is 11.8 Å². The minimum Gasteiger partial charge on any atom is -0.480 e. The maximum Gasteiger partial charge on any atom is 0.317 e. The van der Waals surface area contributed by atoms with Crippen molar-refractivity contribution in [1.82, 2.24) is 24.9 Å². The molecular formula is C32H56N6O22. The van der Waals surface area contributed by atoms with Crippen molar-refractivity contribution in [2.75, 3.05) is 131 Å². The third kappa shape index (κ3) is 25.0. The number of aliphatic carboxylic acids is 8. The fraction of sp³-hybridized carbons (Fsp3) is 0.750. The van der Waals surface area contributed by atoms with Gasteiger partial charge in [-0.2, -0.15) is 0 Å². The van der Waals surface area contributed by atoms with Crippen molar-refractivity contribution in [2.24, 2.45) is 5.73 Å². The number of hydrogen-bond donors (Lipinski definition) is 12. The Balaban J connectivity index is 6.59. The molecule has 0 aromatic heterocycles. The molecule has 0 amide bonds. The highest BCUT2D eigenvalue weighted by atomic mass is 16.5. The van der Waals surface area contributed by atoms with Crippen LogP contribution in [0.4, 0.5) is 0 Å². The summed E-state index contributed by atoms with van der Waals surface area (Å²) >= 11 is 0. The molecule has 60 heavy (non-hydrogen) atoms. The van der Waals surface area contributed by atoms with Crippen LogP contribution in [0.2, 0.25) is 0 Å². The van der Waals surface area contributed by atoms with Crippen LogP contribution in [0.1, 0.15) is 0 Å². The highest BCUT2D eigenvalue weighted by Crippen LogP contribution is 2.23. The maximum atomic E-state index is 12.0. The largest absolute Gasteiger partial charge is 0.480 e. The molecule has 0 aliphatic heterocycles. The molecule has 0 fully saturated rings. The second kappa shape index (κ2) is 30.3. The molecule has 4 unspecified atom stereocenters. The summed E-state index contributed by atoms with van der Waals surface area (Å²) in [6.07, 6.45) is -1.35. The summed E-state index contributed by atoms with van der Waals surface area (Å²) < 4.78 is 22.5. The lowest BCUT2D eigenvalue weighted by Gasteiger charge is -2.45. The van der Waals surface area contributed by atoms with Crippen LogP contribution in [0.15, 0.2) is 0 Å². The first-order chi connectivity index (χ1) is 28.1. The van der Waals surface area contributed by atoms with Crippen LogP contribution in [0, 0.1) is 0 Å². The van der Waals surface area contributed by atoms with Gasteiger partial charge in [0, 0.05) is 26.2 Å². The summed E-state index contributed by atoms with van der Waals surface area (Å²) in [5.74, 6) is -11.4. The van der Waals surface area contributed by atoms with E-state index in [1.54, 1.807) is 0 Å². The molecule has 13 N–H and O–H groups in total. The topological polar surface area (TPSA) is 427 Å². The summed E-state index contributed by atoms with van der Waals surface area (Å²) in [6.45, 7) is -11.7. The number of nitrogens with zero attached hydrogens (tertiary/aromatic N) is 4. The first-order valence-corrected chi connectivity index (χ1v) is 17.9. The number of aliphatic hydroxyl groups is 2. The van der Waals surface area contributed by atoms with Crippen LogP contribution in [0.3, 0.4) is 0 Å². The predicted molar refractivity (Wildman–Crippen MR) is 196 cm³/mol. The Morgan fingerprint density at radius 2 is 0.950 bits per heavy atom. The third-order valence-corrected chi connectivity index (χ3v) is 8.11. The predicted octanol–water partition coefficient (Wildman–Crippen LogP) is -6.73. The molecule has 0 saturated carbocycles. The van der Waals surface area contributed by atoms with Gasteiger partial charge in [-0.25, -0.2) is 0 Å². The molecule has 0 heterocycles. The number of carboxylic acid groups (broad SMARTS) is 8. The molecular weight excluding hydrogens is 820 g/mol. The van der Waals surface area contributed by atoms with Gasteiger partial charge in [-0.05, 0) is 0 Å². The van der Waals surface area contributed by atoms with Gasteiger partial charge >= 0.3 is 47.8 Å². The Bertz CT molecular complexity index is 1330. The summed E-state index contributed by atoms with van der Waals surface area (Å²) in [7, 11) is 0. The van der Waals surface area contributed by atoms with Crippen LogP contribution in [0.5, 0.6) is 0 Å². The number of nitrogens with two attached hydrogens (primary N) is 1. The van der Waals surface area contributed by atoms with E-state index in [-0.39, 0.29) is 39.4 Å². The smallest absolute Gasteiger partial charge is 0.317 e. The van der Waals surface area contributed by atoms with E-state index in [2.05, 4.69) is 5.32 Å². The Morgan fingerprint density at radius 1 is 0.533 bits per heavy atom. The molecule has 0 aliphatic rings. The Morgan fingerprint density at radius 3 is 1.38 bits per heavy atom. The highest BCUT2D eigenvalue weighted by Gasteiger charge is 2.47. The van der Waals surface area contributed by atoms with E-state index in [1.807, 2.05) is 0 Å². The zero-order chi connectivity index (χ0) is 45.8. The van der Waals surface area contributed by atoms with Crippen molar-refractivity contribution >= 4 is 47.8 Å². The van der Waals surface area contributed by atoms with Crippen LogP contribution >= 0.6 is 0 Å². The molecule has 346 valence electrons. The van der Waals surface area contributed by atoms with Crippen molar-refractivity contribution < 1.29 is 108 Å². The van der Waals surface area contributed by atoms with Crippen molar-refractivity contribution in [2.45, 2.75) is 23.9 Å². The molecule has 0 aliphatic carbocycles. The number of aliphatic hydroxyl groups excluding tert-OH is 1. The first-order valence-electron chi connectivity index (χ1n) is 17.9. The lowest BCUT2D eigenvalue weighted by Crippen LogP contribution is -2.69. The van der Waals surface area contributed by atoms with Gasteiger partial charge in [-0.1, -0.05) is 0 Å². The zero-order valence-electron chi connectivity index (χ0n) is 32.6. The van der Waals surface area contributed by atoms with Crippen molar-refractivity contribution in [1.29, 1.82) is 0 Å². The zero-order valence-corrected chi connectivity index (χ0v) is 32.6. The summed E-state index contributed by atoms with van der Waals surface area (Å²) in [6, 6.07) is -3.24. The number of carboxylic acids is 8. The second-order valence-corrected chi connectivity index (χ2v) is 12.9. The minimum atomic E-state index is -2.58. The fourth-order valence-corrected chi connectivity index (χ4v) is 5.54. The minimum absolute atomic E-state index is 0.0146. The van der Waals surface area contributed by atoms with Gasteiger partial charge < -0.3 is 75.7 Å². The molecule has 0 rings (SSSR count). The van der Waals surface area contributed by atoms with E-state index >= 15 is 0 Å². The molecule has 0 spiro atoms. The molecule has 28 heteroatoms. The molecule has 0 aromatic rings. The molecule has 0 saturated heterocycles. The van der Waals surface area contributed by atoms with E-state index in [0.29, 0.717) is 0 Å². The SMILES string of the molecule is NCCOCC(NCC(=O)O)C(O)(CO)C(COCCN(CC(=O)O)C(COCCN(CC(=O)O)CC(=O)O)OCCN(CC(=O)O)CC(=O)O)N(CC(=O)O)CC(=O)O. The van der Waals surface area contributed by atoms with Crippen LogP contribution < -0.4 is 11.1 Å². The molecule has 28 nitrogen and oxygen atoms in total. The number of rotatable bonds is 40. The lowest BCUT2D eigenvalue weighted by molar-refractivity contribution is -0.160.